The van der Waals surface area contributed by atoms with E-state index in [9.17, 15) is 4.39 Å². The van der Waals surface area contributed by atoms with Gasteiger partial charge >= 0.3 is 0 Å². The first-order chi connectivity index (χ1) is 10.2. The average Bonchev–Trinajstić information content (AvgIpc) is 3.03. The zero-order valence-electron chi connectivity index (χ0n) is 11.8. The third-order valence-corrected chi connectivity index (χ3v) is 3.32. The van der Waals surface area contributed by atoms with Crippen molar-refractivity contribution in [3.05, 3.63) is 77.9 Å². The number of halogens is 1. The summed E-state index contributed by atoms with van der Waals surface area (Å²) >= 11 is 0. The highest BCUT2D eigenvalue weighted by atomic mass is 19.1. The number of nitrogens with zero attached hydrogens (tertiary/aromatic N) is 2. The quantitative estimate of drug-likeness (QED) is 0.785. The van der Waals surface area contributed by atoms with Crippen molar-refractivity contribution < 1.29 is 4.39 Å². The van der Waals surface area contributed by atoms with Crippen molar-refractivity contribution in [3.63, 3.8) is 0 Å². The molecule has 0 aliphatic heterocycles. The predicted molar refractivity (Wildman–Crippen MR) is 82.0 cm³/mol. The van der Waals surface area contributed by atoms with Crippen molar-refractivity contribution >= 4 is 5.69 Å². The van der Waals surface area contributed by atoms with E-state index in [1.807, 2.05) is 49.5 Å². The van der Waals surface area contributed by atoms with E-state index in [2.05, 4.69) is 10.4 Å². The molecule has 0 amide bonds. The SMILES string of the molecule is Cc1ccc(F)c(CNc2ccc(-n3cccn3)cc2)c1. The lowest BCUT2D eigenvalue weighted by molar-refractivity contribution is 0.612. The summed E-state index contributed by atoms with van der Waals surface area (Å²) in [6, 6.07) is 14.9. The van der Waals surface area contributed by atoms with Gasteiger partial charge in [0.1, 0.15) is 5.82 Å². The Morgan fingerprint density at radius 1 is 1.14 bits per heavy atom. The maximum absolute atomic E-state index is 13.7. The molecule has 0 radical (unpaired) electrons. The molecular formula is C17H16FN3. The number of benzene rings is 2. The predicted octanol–water partition coefficient (Wildman–Crippen LogP) is 3.93. The lowest BCUT2D eigenvalue weighted by Crippen LogP contribution is -2.02. The van der Waals surface area contributed by atoms with Crippen LogP contribution >= 0.6 is 0 Å². The molecule has 1 heterocycles. The van der Waals surface area contributed by atoms with Crippen molar-refractivity contribution in [1.29, 1.82) is 0 Å². The molecule has 0 bridgehead atoms. The van der Waals surface area contributed by atoms with Gasteiger partial charge in [0, 0.05) is 30.2 Å². The van der Waals surface area contributed by atoms with Gasteiger partial charge in [0.05, 0.1) is 5.69 Å². The van der Waals surface area contributed by atoms with Crippen LogP contribution in [0.5, 0.6) is 0 Å². The van der Waals surface area contributed by atoms with Crippen LogP contribution in [0.25, 0.3) is 5.69 Å². The van der Waals surface area contributed by atoms with Gasteiger partial charge in [0.25, 0.3) is 0 Å². The van der Waals surface area contributed by atoms with Crippen molar-refractivity contribution in [1.82, 2.24) is 9.78 Å². The molecule has 2 aromatic carbocycles. The smallest absolute Gasteiger partial charge is 0.128 e. The summed E-state index contributed by atoms with van der Waals surface area (Å²) < 4.78 is 15.5. The van der Waals surface area contributed by atoms with E-state index in [0.717, 1.165) is 16.9 Å². The second-order valence-corrected chi connectivity index (χ2v) is 4.95. The van der Waals surface area contributed by atoms with Crippen LogP contribution in [0.2, 0.25) is 0 Å². The van der Waals surface area contributed by atoms with Crippen molar-refractivity contribution in [2.45, 2.75) is 13.5 Å². The highest BCUT2D eigenvalue weighted by Gasteiger charge is 2.02. The summed E-state index contributed by atoms with van der Waals surface area (Å²) in [5.74, 6) is -0.179. The van der Waals surface area contributed by atoms with E-state index in [1.54, 1.807) is 16.9 Å². The maximum atomic E-state index is 13.7. The van der Waals surface area contributed by atoms with E-state index in [4.69, 9.17) is 0 Å². The van der Waals surface area contributed by atoms with Gasteiger partial charge in [-0.05, 0) is 43.3 Å². The van der Waals surface area contributed by atoms with E-state index >= 15 is 0 Å². The fourth-order valence-electron chi connectivity index (χ4n) is 2.19. The van der Waals surface area contributed by atoms with E-state index in [1.165, 1.54) is 6.07 Å². The summed E-state index contributed by atoms with van der Waals surface area (Å²) in [5, 5.41) is 7.41. The standard InChI is InChI=1S/C17H16FN3/c1-13-3-8-17(18)14(11-13)12-19-15-4-6-16(7-5-15)21-10-2-9-20-21/h2-11,19H,12H2,1H3. The Kier molecular flexibility index (Phi) is 3.69. The van der Waals surface area contributed by atoms with E-state index < -0.39 is 0 Å². The van der Waals surface area contributed by atoms with Gasteiger partial charge in [0.2, 0.25) is 0 Å². The number of rotatable bonds is 4. The number of hydrogen-bond donors (Lipinski definition) is 1. The molecule has 0 aliphatic carbocycles. The topological polar surface area (TPSA) is 29.9 Å². The van der Waals surface area contributed by atoms with Crippen molar-refractivity contribution in [3.8, 4) is 5.69 Å². The Bertz CT molecular complexity index is 718. The largest absolute Gasteiger partial charge is 0.381 e. The molecule has 3 aromatic rings. The van der Waals surface area contributed by atoms with Gasteiger partial charge in [-0.15, -0.1) is 0 Å². The fourth-order valence-corrected chi connectivity index (χ4v) is 2.19. The monoisotopic (exact) mass is 281 g/mol. The van der Waals surface area contributed by atoms with Gasteiger partial charge < -0.3 is 5.32 Å². The number of anilines is 1. The molecular weight excluding hydrogens is 265 g/mol. The molecule has 1 N–H and O–H groups in total. The minimum absolute atomic E-state index is 0.179. The Labute approximate surface area is 123 Å². The number of nitrogens with one attached hydrogen (secondary N) is 1. The molecule has 0 fully saturated rings. The van der Waals surface area contributed by atoms with Crippen LogP contribution in [0.15, 0.2) is 60.9 Å². The summed E-state index contributed by atoms with van der Waals surface area (Å²) in [7, 11) is 0. The van der Waals surface area contributed by atoms with E-state index in [-0.39, 0.29) is 5.82 Å². The third kappa shape index (κ3) is 3.11. The molecule has 3 nitrogen and oxygen atoms in total. The first-order valence-electron chi connectivity index (χ1n) is 6.81. The molecule has 0 saturated heterocycles. The summed E-state index contributed by atoms with van der Waals surface area (Å²) in [5.41, 5.74) is 3.67. The summed E-state index contributed by atoms with van der Waals surface area (Å²) in [4.78, 5) is 0. The molecule has 21 heavy (non-hydrogen) atoms. The van der Waals surface area contributed by atoms with Gasteiger partial charge in [-0.3, -0.25) is 0 Å². The molecule has 3 rings (SSSR count). The van der Waals surface area contributed by atoms with Crippen molar-refractivity contribution in [2.24, 2.45) is 0 Å². The molecule has 0 spiro atoms. The zero-order valence-corrected chi connectivity index (χ0v) is 11.8. The number of aryl methyl sites for hydroxylation is 1. The Balaban J connectivity index is 1.70. The fraction of sp³-hybridized carbons (Fsp3) is 0.118. The normalized spacial score (nSPS) is 10.6. The molecule has 106 valence electrons. The second-order valence-electron chi connectivity index (χ2n) is 4.95. The molecule has 4 heteroatoms. The average molecular weight is 281 g/mol. The van der Waals surface area contributed by atoms with Gasteiger partial charge in [-0.2, -0.15) is 5.10 Å². The lowest BCUT2D eigenvalue weighted by atomic mass is 10.1. The molecule has 0 atom stereocenters. The summed E-state index contributed by atoms with van der Waals surface area (Å²) in [6.07, 6.45) is 3.64. The Morgan fingerprint density at radius 2 is 1.95 bits per heavy atom. The molecule has 0 unspecified atom stereocenters. The van der Waals surface area contributed by atoms with Crippen LogP contribution < -0.4 is 5.32 Å². The van der Waals surface area contributed by atoms with Crippen LogP contribution in [-0.4, -0.2) is 9.78 Å². The van der Waals surface area contributed by atoms with Crippen LogP contribution in [0, 0.1) is 12.7 Å². The van der Waals surface area contributed by atoms with Crippen LogP contribution in [-0.2, 0) is 6.54 Å². The maximum Gasteiger partial charge on any atom is 0.128 e. The Morgan fingerprint density at radius 3 is 2.67 bits per heavy atom. The van der Waals surface area contributed by atoms with E-state index in [0.29, 0.717) is 12.1 Å². The van der Waals surface area contributed by atoms with Crippen molar-refractivity contribution in [2.75, 3.05) is 5.32 Å². The first-order valence-corrected chi connectivity index (χ1v) is 6.81. The molecule has 1 aromatic heterocycles. The highest BCUT2D eigenvalue weighted by molar-refractivity contribution is 5.49. The summed E-state index contributed by atoms with van der Waals surface area (Å²) in [6.45, 7) is 2.43. The minimum Gasteiger partial charge on any atom is -0.381 e. The third-order valence-electron chi connectivity index (χ3n) is 3.32. The minimum atomic E-state index is -0.179. The van der Waals surface area contributed by atoms with Gasteiger partial charge in [0.15, 0.2) is 0 Å². The second kappa shape index (κ2) is 5.79. The number of aromatic nitrogens is 2. The highest BCUT2D eigenvalue weighted by Crippen LogP contribution is 2.15. The van der Waals surface area contributed by atoms with Crippen LogP contribution in [0.1, 0.15) is 11.1 Å². The molecule has 0 saturated carbocycles. The molecule has 0 aliphatic rings. The van der Waals surface area contributed by atoms with Crippen LogP contribution in [0.3, 0.4) is 0 Å². The van der Waals surface area contributed by atoms with Gasteiger partial charge in [-0.25, -0.2) is 9.07 Å². The van der Waals surface area contributed by atoms with Gasteiger partial charge in [-0.1, -0.05) is 17.7 Å². The lowest BCUT2D eigenvalue weighted by Gasteiger charge is -2.09. The number of hydrogen-bond acceptors (Lipinski definition) is 2. The first kappa shape index (κ1) is 13.4. The zero-order chi connectivity index (χ0) is 14.7. The van der Waals surface area contributed by atoms with Crippen LogP contribution in [0.4, 0.5) is 10.1 Å². The Hall–Kier alpha value is -2.62.